The van der Waals surface area contributed by atoms with Crippen LogP contribution in [-0.4, -0.2) is 44.8 Å². The molecule has 1 aromatic rings. The fraction of sp³-hybridized carbons (Fsp3) is 0.625. The van der Waals surface area contributed by atoms with Crippen LogP contribution in [0.1, 0.15) is 46.1 Å². The van der Waals surface area contributed by atoms with Crippen molar-refractivity contribution in [2.75, 3.05) is 37.7 Å². The maximum Gasteiger partial charge on any atom is 0.191 e. The third-order valence-electron chi connectivity index (χ3n) is 5.71. The summed E-state index contributed by atoms with van der Waals surface area (Å²) >= 11 is 0. The van der Waals surface area contributed by atoms with Crippen LogP contribution in [0.4, 0.5) is 5.69 Å². The highest BCUT2D eigenvalue weighted by Crippen LogP contribution is 2.33. The van der Waals surface area contributed by atoms with E-state index < -0.39 is 0 Å². The summed E-state index contributed by atoms with van der Waals surface area (Å²) in [4.78, 5) is 7.17. The minimum atomic E-state index is 0.162. The molecular weight excluding hydrogens is 360 g/mol. The molecule has 0 bridgehead atoms. The summed E-state index contributed by atoms with van der Waals surface area (Å²) in [6, 6.07) is 8.77. The Morgan fingerprint density at radius 2 is 1.86 bits per heavy atom. The molecule has 0 radical (unpaired) electrons. The zero-order valence-electron chi connectivity index (χ0n) is 18.6. The molecule has 2 heterocycles. The molecule has 1 fully saturated rings. The Bertz CT molecular complexity index is 682. The first-order chi connectivity index (χ1) is 14.0. The summed E-state index contributed by atoms with van der Waals surface area (Å²) in [5.74, 6) is 1.40. The van der Waals surface area contributed by atoms with Gasteiger partial charge in [0.1, 0.15) is 0 Å². The minimum absolute atomic E-state index is 0.162. The van der Waals surface area contributed by atoms with Crippen LogP contribution in [0.5, 0.6) is 0 Å². The highest BCUT2D eigenvalue weighted by Gasteiger charge is 2.35. The predicted octanol–water partition coefficient (Wildman–Crippen LogP) is 3.96. The summed E-state index contributed by atoms with van der Waals surface area (Å²) in [5.41, 5.74) is 2.67. The van der Waals surface area contributed by atoms with Crippen LogP contribution < -0.4 is 15.5 Å². The summed E-state index contributed by atoms with van der Waals surface area (Å²) in [5, 5.41) is 6.94. The fourth-order valence-electron chi connectivity index (χ4n) is 4.25. The number of guanidine groups is 1. The first-order valence-corrected chi connectivity index (χ1v) is 11.1. The first kappa shape index (κ1) is 21.7. The molecule has 2 atom stereocenters. The van der Waals surface area contributed by atoms with Crippen LogP contribution in [0.2, 0.25) is 0 Å². The van der Waals surface area contributed by atoms with Gasteiger partial charge >= 0.3 is 0 Å². The van der Waals surface area contributed by atoms with Gasteiger partial charge in [-0.15, -0.1) is 0 Å². The number of ether oxygens (including phenoxy) is 1. The zero-order chi connectivity index (χ0) is 20.7. The molecular formula is C24H38N4O. The molecule has 1 saturated heterocycles. The van der Waals surface area contributed by atoms with Crippen molar-refractivity contribution in [1.82, 2.24) is 10.6 Å². The zero-order valence-corrected chi connectivity index (χ0v) is 18.6. The maximum absolute atomic E-state index is 6.12. The highest BCUT2D eigenvalue weighted by atomic mass is 16.5. The van der Waals surface area contributed by atoms with Gasteiger partial charge in [0.05, 0.1) is 12.6 Å². The molecule has 0 spiro atoms. The standard InChI is InChI=1S/C24H38N4O/c1-5-25-23(27-18-20-9-8-16-29-22(20)24(2,3)4)26-17-19-10-12-21(13-11-19)28-14-6-7-15-28/h6-7,10-13,20,22H,5,8-9,14-18H2,1-4H3,(H2,25,26,27). The molecule has 160 valence electrons. The number of hydrogen-bond acceptors (Lipinski definition) is 3. The summed E-state index contributed by atoms with van der Waals surface area (Å²) in [6.45, 7) is 14.3. The molecule has 0 saturated carbocycles. The molecule has 5 nitrogen and oxygen atoms in total. The van der Waals surface area contributed by atoms with Crippen molar-refractivity contribution in [3.05, 3.63) is 42.0 Å². The van der Waals surface area contributed by atoms with Crippen molar-refractivity contribution in [3.63, 3.8) is 0 Å². The van der Waals surface area contributed by atoms with E-state index in [1.165, 1.54) is 17.7 Å². The normalized spacial score (nSPS) is 22.8. The van der Waals surface area contributed by atoms with E-state index in [1.807, 2.05) is 0 Å². The molecule has 2 N–H and O–H groups in total. The van der Waals surface area contributed by atoms with Gasteiger partial charge < -0.3 is 20.3 Å². The second kappa shape index (κ2) is 10.1. The van der Waals surface area contributed by atoms with Crippen LogP contribution in [0, 0.1) is 11.3 Å². The fourth-order valence-corrected chi connectivity index (χ4v) is 4.25. The minimum Gasteiger partial charge on any atom is -0.377 e. The molecule has 3 rings (SSSR count). The van der Waals surface area contributed by atoms with Crippen LogP contribution in [0.25, 0.3) is 0 Å². The molecule has 29 heavy (non-hydrogen) atoms. The average Bonchev–Trinajstić information content (AvgIpc) is 3.25. The topological polar surface area (TPSA) is 48.9 Å². The first-order valence-electron chi connectivity index (χ1n) is 11.1. The Hall–Kier alpha value is -2.01. The number of rotatable bonds is 6. The lowest BCUT2D eigenvalue weighted by molar-refractivity contribution is -0.0835. The smallest absolute Gasteiger partial charge is 0.191 e. The van der Waals surface area contributed by atoms with Crippen LogP contribution in [0.15, 0.2) is 41.4 Å². The number of hydrogen-bond donors (Lipinski definition) is 2. The van der Waals surface area contributed by atoms with Gasteiger partial charge in [0.2, 0.25) is 0 Å². The van der Waals surface area contributed by atoms with Crippen molar-refractivity contribution in [2.45, 2.75) is 53.2 Å². The Morgan fingerprint density at radius 1 is 1.14 bits per heavy atom. The van der Waals surface area contributed by atoms with Crippen molar-refractivity contribution in [2.24, 2.45) is 16.3 Å². The van der Waals surface area contributed by atoms with E-state index in [0.717, 1.165) is 45.2 Å². The Labute approximate surface area is 176 Å². The number of nitrogens with one attached hydrogen (secondary N) is 2. The monoisotopic (exact) mass is 398 g/mol. The van der Waals surface area contributed by atoms with E-state index in [2.05, 4.69) is 79.6 Å². The average molecular weight is 399 g/mol. The highest BCUT2D eigenvalue weighted by molar-refractivity contribution is 5.79. The van der Waals surface area contributed by atoms with E-state index in [9.17, 15) is 0 Å². The van der Waals surface area contributed by atoms with E-state index in [-0.39, 0.29) is 5.41 Å². The van der Waals surface area contributed by atoms with Crippen molar-refractivity contribution < 1.29 is 4.74 Å². The van der Waals surface area contributed by atoms with E-state index in [4.69, 9.17) is 9.73 Å². The van der Waals surface area contributed by atoms with Gasteiger partial charge in [-0.1, -0.05) is 45.1 Å². The van der Waals surface area contributed by atoms with Gasteiger partial charge in [0.15, 0.2) is 5.96 Å². The lowest BCUT2D eigenvalue weighted by Gasteiger charge is -2.40. The number of benzene rings is 1. The second-order valence-electron chi connectivity index (χ2n) is 9.18. The molecule has 5 heteroatoms. The van der Waals surface area contributed by atoms with Crippen LogP contribution in [0.3, 0.4) is 0 Å². The SMILES string of the molecule is CCNC(=NCc1ccc(N2CC=CC2)cc1)NCC1CCCOC1C(C)(C)C. The van der Waals surface area contributed by atoms with E-state index in [0.29, 0.717) is 18.6 Å². The molecule has 1 aromatic carbocycles. The summed E-state index contributed by atoms with van der Waals surface area (Å²) in [6.07, 6.45) is 7.08. The van der Waals surface area contributed by atoms with Crippen molar-refractivity contribution >= 4 is 11.6 Å². The number of aliphatic imine (C=N–C) groups is 1. The lowest BCUT2D eigenvalue weighted by atomic mass is 9.78. The van der Waals surface area contributed by atoms with Gasteiger partial charge in [-0.05, 0) is 42.9 Å². The molecule has 2 unspecified atom stereocenters. The predicted molar refractivity (Wildman–Crippen MR) is 123 cm³/mol. The van der Waals surface area contributed by atoms with Gasteiger partial charge in [0.25, 0.3) is 0 Å². The van der Waals surface area contributed by atoms with Gasteiger partial charge in [-0.25, -0.2) is 4.99 Å². The largest absolute Gasteiger partial charge is 0.377 e. The Balaban J connectivity index is 1.56. The summed E-state index contributed by atoms with van der Waals surface area (Å²) < 4.78 is 6.12. The summed E-state index contributed by atoms with van der Waals surface area (Å²) in [7, 11) is 0. The Morgan fingerprint density at radius 3 is 2.52 bits per heavy atom. The molecule has 2 aliphatic heterocycles. The third kappa shape index (κ3) is 6.23. The second-order valence-corrected chi connectivity index (χ2v) is 9.18. The molecule has 2 aliphatic rings. The van der Waals surface area contributed by atoms with Crippen molar-refractivity contribution in [1.29, 1.82) is 0 Å². The van der Waals surface area contributed by atoms with Gasteiger partial charge in [-0.2, -0.15) is 0 Å². The van der Waals surface area contributed by atoms with Crippen LogP contribution >= 0.6 is 0 Å². The molecule has 0 aliphatic carbocycles. The van der Waals surface area contributed by atoms with Crippen molar-refractivity contribution in [3.8, 4) is 0 Å². The quantitative estimate of drug-likeness (QED) is 0.433. The molecule has 0 aromatic heterocycles. The Kier molecular flexibility index (Phi) is 7.59. The number of anilines is 1. The lowest BCUT2D eigenvalue weighted by Crippen LogP contribution is -2.47. The van der Waals surface area contributed by atoms with E-state index in [1.54, 1.807) is 0 Å². The maximum atomic E-state index is 6.12. The van der Waals surface area contributed by atoms with Crippen LogP contribution in [-0.2, 0) is 11.3 Å². The molecule has 0 amide bonds. The van der Waals surface area contributed by atoms with Gasteiger partial charge in [0, 0.05) is 44.4 Å². The third-order valence-corrected chi connectivity index (χ3v) is 5.71. The number of nitrogens with zero attached hydrogens (tertiary/aromatic N) is 2. The van der Waals surface area contributed by atoms with E-state index >= 15 is 0 Å². The van der Waals surface area contributed by atoms with Gasteiger partial charge in [-0.3, -0.25) is 0 Å².